The van der Waals surface area contributed by atoms with Crippen LogP contribution in [0.3, 0.4) is 0 Å². The average molecular weight is 352 g/mol. The molecule has 23 heavy (non-hydrogen) atoms. The summed E-state index contributed by atoms with van der Waals surface area (Å²) >= 11 is 0. The van der Waals surface area contributed by atoms with Crippen molar-refractivity contribution in [3.63, 3.8) is 0 Å². The molecule has 0 amide bonds. The van der Waals surface area contributed by atoms with Crippen molar-refractivity contribution in [2.75, 3.05) is 18.4 Å². The van der Waals surface area contributed by atoms with E-state index >= 15 is 0 Å². The van der Waals surface area contributed by atoms with Crippen LogP contribution in [-0.4, -0.2) is 47.1 Å². The van der Waals surface area contributed by atoms with E-state index in [0.717, 1.165) is 12.4 Å². The van der Waals surface area contributed by atoms with Crippen molar-refractivity contribution in [2.45, 2.75) is 44.2 Å². The van der Waals surface area contributed by atoms with E-state index in [1.165, 1.54) is 4.31 Å². The van der Waals surface area contributed by atoms with Gasteiger partial charge < -0.3 is 5.32 Å². The van der Waals surface area contributed by atoms with Crippen LogP contribution in [0.15, 0.2) is 12.4 Å². The highest BCUT2D eigenvalue weighted by molar-refractivity contribution is 7.89. The number of piperidine rings is 1. The molecule has 1 aliphatic rings. The van der Waals surface area contributed by atoms with E-state index in [2.05, 4.69) is 15.3 Å². The summed E-state index contributed by atoms with van der Waals surface area (Å²) in [6.07, 6.45) is -2.63. The van der Waals surface area contributed by atoms with Gasteiger partial charge in [-0.25, -0.2) is 22.7 Å². The van der Waals surface area contributed by atoms with Gasteiger partial charge in [-0.05, 0) is 26.7 Å². The van der Waals surface area contributed by atoms with Gasteiger partial charge in [-0.2, -0.15) is 13.2 Å². The maximum Gasteiger partial charge on any atom is 0.433 e. The number of anilines is 1. The Labute approximate surface area is 133 Å². The van der Waals surface area contributed by atoms with E-state index in [-0.39, 0.29) is 11.9 Å². The fourth-order valence-corrected chi connectivity index (χ4v) is 3.67. The summed E-state index contributed by atoms with van der Waals surface area (Å²) < 4.78 is 63.4. The Balaban J connectivity index is 1.97. The van der Waals surface area contributed by atoms with Gasteiger partial charge in [-0.1, -0.05) is 0 Å². The Hall–Kier alpha value is -1.42. The second kappa shape index (κ2) is 6.60. The Morgan fingerprint density at radius 2 is 1.87 bits per heavy atom. The molecule has 1 aliphatic heterocycles. The monoisotopic (exact) mass is 352 g/mol. The lowest BCUT2D eigenvalue weighted by molar-refractivity contribution is -0.141. The van der Waals surface area contributed by atoms with Gasteiger partial charge in [-0.3, -0.25) is 0 Å². The zero-order valence-electron chi connectivity index (χ0n) is 12.8. The minimum Gasteiger partial charge on any atom is -0.367 e. The van der Waals surface area contributed by atoms with Crippen LogP contribution < -0.4 is 5.32 Å². The SMILES string of the molecule is CC(C)S(=O)(=O)N1CCC(Nc2cc(C(F)(F)F)ncn2)CC1. The molecule has 2 rings (SSSR count). The largest absolute Gasteiger partial charge is 0.433 e. The zero-order chi connectivity index (χ0) is 17.3. The molecule has 2 heterocycles. The maximum absolute atomic E-state index is 12.6. The predicted molar refractivity (Wildman–Crippen MR) is 79.3 cm³/mol. The maximum atomic E-state index is 12.6. The summed E-state index contributed by atoms with van der Waals surface area (Å²) in [4.78, 5) is 6.99. The molecule has 0 bridgehead atoms. The molecule has 1 fully saturated rings. The molecule has 0 aromatic carbocycles. The number of hydrogen-bond acceptors (Lipinski definition) is 5. The molecule has 0 saturated carbocycles. The third-order valence-electron chi connectivity index (χ3n) is 3.72. The molecular weight excluding hydrogens is 333 g/mol. The number of hydrogen-bond donors (Lipinski definition) is 1. The Morgan fingerprint density at radius 1 is 1.26 bits per heavy atom. The van der Waals surface area contributed by atoms with Crippen LogP contribution in [0.4, 0.5) is 19.0 Å². The first-order valence-electron chi connectivity index (χ1n) is 7.25. The minimum absolute atomic E-state index is 0.0949. The van der Waals surface area contributed by atoms with E-state index in [1.807, 2.05) is 0 Å². The number of aromatic nitrogens is 2. The molecular formula is C13H19F3N4O2S. The second-order valence-electron chi connectivity index (χ2n) is 5.70. The molecule has 1 saturated heterocycles. The minimum atomic E-state index is -4.52. The summed E-state index contributed by atoms with van der Waals surface area (Å²) in [7, 11) is -3.29. The number of nitrogens with one attached hydrogen (secondary N) is 1. The van der Waals surface area contributed by atoms with Crippen LogP contribution in [-0.2, 0) is 16.2 Å². The molecule has 0 atom stereocenters. The van der Waals surface area contributed by atoms with E-state index in [1.54, 1.807) is 13.8 Å². The van der Waals surface area contributed by atoms with Crippen LogP contribution in [0.2, 0.25) is 0 Å². The van der Waals surface area contributed by atoms with Gasteiger partial charge >= 0.3 is 6.18 Å². The van der Waals surface area contributed by atoms with Gasteiger partial charge in [0.1, 0.15) is 17.8 Å². The predicted octanol–water partition coefficient (Wildman–Crippen LogP) is 2.11. The molecule has 0 aliphatic carbocycles. The summed E-state index contributed by atoms with van der Waals surface area (Å²) in [6.45, 7) is 3.93. The standard InChI is InChI=1S/C13H19F3N4O2S/c1-9(2)23(21,22)20-5-3-10(4-6-20)19-12-7-11(13(14,15)16)17-8-18-12/h7-10H,3-6H2,1-2H3,(H,17,18,19). The molecule has 1 aromatic heterocycles. The van der Waals surface area contributed by atoms with Gasteiger partial charge in [0.05, 0.1) is 5.25 Å². The molecule has 1 N–H and O–H groups in total. The number of alkyl halides is 3. The van der Waals surface area contributed by atoms with Gasteiger partial charge in [0, 0.05) is 25.2 Å². The Morgan fingerprint density at radius 3 is 2.39 bits per heavy atom. The molecule has 6 nitrogen and oxygen atoms in total. The summed E-state index contributed by atoms with van der Waals surface area (Å²) in [5.41, 5.74) is -1.00. The first-order chi connectivity index (χ1) is 10.6. The van der Waals surface area contributed by atoms with Crippen molar-refractivity contribution in [1.29, 1.82) is 0 Å². The fraction of sp³-hybridized carbons (Fsp3) is 0.692. The Bertz CT molecular complexity index is 641. The third kappa shape index (κ3) is 4.31. The topological polar surface area (TPSA) is 75.2 Å². The number of nitrogens with zero attached hydrogens (tertiary/aromatic N) is 3. The van der Waals surface area contributed by atoms with Crippen LogP contribution >= 0.6 is 0 Å². The smallest absolute Gasteiger partial charge is 0.367 e. The number of halogens is 3. The quantitative estimate of drug-likeness (QED) is 0.898. The van der Waals surface area contributed by atoms with Gasteiger partial charge in [0.2, 0.25) is 10.0 Å². The molecule has 10 heteroatoms. The van der Waals surface area contributed by atoms with E-state index in [9.17, 15) is 21.6 Å². The van der Waals surface area contributed by atoms with Crippen LogP contribution in [0.25, 0.3) is 0 Å². The number of sulfonamides is 1. The van der Waals surface area contributed by atoms with Crippen molar-refractivity contribution in [3.8, 4) is 0 Å². The van der Waals surface area contributed by atoms with E-state index in [0.29, 0.717) is 25.9 Å². The van der Waals surface area contributed by atoms with Crippen molar-refractivity contribution in [2.24, 2.45) is 0 Å². The molecule has 1 aromatic rings. The van der Waals surface area contributed by atoms with Crippen LogP contribution in [0.1, 0.15) is 32.4 Å². The summed E-state index contributed by atoms with van der Waals surface area (Å²) in [5.74, 6) is 0.0949. The summed E-state index contributed by atoms with van der Waals surface area (Å²) in [5, 5.41) is 2.44. The average Bonchev–Trinajstić information content (AvgIpc) is 2.47. The number of rotatable bonds is 4. The van der Waals surface area contributed by atoms with Gasteiger partial charge in [0.15, 0.2) is 0 Å². The van der Waals surface area contributed by atoms with Gasteiger partial charge in [0.25, 0.3) is 0 Å². The second-order valence-corrected chi connectivity index (χ2v) is 8.19. The van der Waals surface area contributed by atoms with Crippen LogP contribution in [0, 0.1) is 0 Å². The lowest BCUT2D eigenvalue weighted by atomic mass is 10.1. The van der Waals surface area contributed by atoms with Gasteiger partial charge in [-0.15, -0.1) is 0 Å². The van der Waals surface area contributed by atoms with E-state index in [4.69, 9.17) is 0 Å². The zero-order valence-corrected chi connectivity index (χ0v) is 13.7. The third-order valence-corrected chi connectivity index (χ3v) is 6.00. The van der Waals surface area contributed by atoms with Crippen molar-refractivity contribution < 1.29 is 21.6 Å². The summed E-state index contributed by atoms with van der Waals surface area (Å²) in [6, 6.07) is 0.738. The first kappa shape index (κ1) is 17.9. The molecule has 0 radical (unpaired) electrons. The Kier molecular flexibility index (Phi) is 5.14. The molecule has 0 unspecified atom stereocenters. The lowest BCUT2D eigenvalue weighted by Gasteiger charge is -2.32. The fourth-order valence-electron chi connectivity index (χ4n) is 2.35. The molecule has 0 spiro atoms. The molecule has 130 valence electrons. The highest BCUT2D eigenvalue weighted by Crippen LogP contribution is 2.28. The normalized spacial score (nSPS) is 18.3. The van der Waals surface area contributed by atoms with Crippen molar-refractivity contribution in [1.82, 2.24) is 14.3 Å². The van der Waals surface area contributed by atoms with E-state index < -0.39 is 27.1 Å². The van der Waals surface area contributed by atoms with Crippen molar-refractivity contribution >= 4 is 15.8 Å². The van der Waals surface area contributed by atoms with Crippen molar-refractivity contribution in [3.05, 3.63) is 18.1 Å². The van der Waals surface area contributed by atoms with Crippen LogP contribution in [0.5, 0.6) is 0 Å². The highest BCUT2D eigenvalue weighted by atomic mass is 32.2. The first-order valence-corrected chi connectivity index (χ1v) is 8.76. The lowest BCUT2D eigenvalue weighted by Crippen LogP contribution is -2.44. The highest BCUT2D eigenvalue weighted by Gasteiger charge is 2.33.